The number of likely N-dealkylation sites (N-methyl/N-ethyl adjacent to an activating group) is 1. The molecule has 1 unspecified atom stereocenters. The minimum absolute atomic E-state index is 0.274. The lowest BCUT2D eigenvalue weighted by atomic mass is 10.1. The molecule has 4 heteroatoms. The zero-order valence-corrected chi connectivity index (χ0v) is 13.5. The molecular formula is C16H21ClN2S. The van der Waals surface area contributed by atoms with Crippen LogP contribution in [0.5, 0.6) is 0 Å². The van der Waals surface area contributed by atoms with Gasteiger partial charge in [-0.3, -0.25) is 4.90 Å². The predicted octanol–water partition coefficient (Wildman–Crippen LogP) is 4.10. The smallest absolute Gasteiger partial charge is 0.0564 e. The summed E-state index contributed by atoms with van der Waals surface area (Å²) in [6, 6.07) is 12.7. The first-order chi connectivity index (χ1) is 9.63. The lowest BCUT2D eigenvalue weighted by Gasteiger charge is -2.26. The van der Waals surface area contributed by atoms with Crippen molar-refractivity contribution in [2.75, 3.05) is 13.6 Å². The van der Waals surface area contributed by atoms with E-state index in [0.29, 0.717) is 6.54 Å². The van der Waals surface area contributed by atoms with Crippen LogP contribution in [0.1, 0.15) is 28.3 Å². The highest BCUT2D eigenvalue weighted by Gasteiger charge is 2.17. The van der Waals surface area contributed by atoms with Gasteiger partial charge in [-0.05, 0) is 43.3 Å². The first kappa shape index (κ1) is 15.5. The number of benzene rings is 1. The third-order valence-electron chi connectivity index (χ3n) is 3.46. The van der Waals surface area contributed by atoms with E-state index in [1.165, 1.54) is 15.3 Å². The Hall–Kier alpha value is -0.870. The Bertz CT molecular complexity index is 536. The molecule has 1 atom stereocenters. The molecule has 0 fully saturated rings. The number of nitrogens with zero attached hydrogens (tertiary/aromatic N) is 1. The Morgan fingerprint density at radius 3 is 2.45 bits per heavy atom. The van der Waals surface area contributed by atoms with E-state index in [2.05, 4.69) is 43.1 Å². The van der Waals surface area contributed by atoms with Gasteiger partial charge in [0, 0.05) is 27.9 Å². The second kappa shape index (κ2) is 7.23. The van der Waals surface area contributed by atoms with Gasteiger partial charge in [0.05, 0.1) is 6.04 Å². The maximum absolute atomic E-state index is 5.98. The third-order valence-corrected chi connectivity index (χ3v) is 5.04. The van der Waals surface area contributed by atoms with E-state index in [4.69, 9.17) is 17.3 Å². The lowest BCUT2D eigenvalue weighted by molar-refractivity contribution is 0.245. The third kappa shape index (κ3) is 3.83. The van der Waals surface area contributed by atoms with Crippen LogP contribution in [0.15, 0.2) is 36.4 Å². The Kier molecular flexibility index (Phi) is 5.61. The van der Waals surface area contributed by atoms with E-state index in [0.717, 1.165) is 18.0 Å². The average molecular weight is 309 g/mol. The molecule has 2 N–H and O–H groups in total. The van der Waals surface area contributed by atoms with Crippen molar-refractivity contribution in [3.8, 4) is 0 Å². The zero-order chi connectivity index (χ0) is 14.5. The van der Waals surface area contributed by atoms with Crippen LogP contribution in [0.4, 0.5) is 0 Å². The van der Waals surface area contributed by atoms with Crippen molar-refractivity contribution >= 4 is 22.9 Å². The molecule has 0 aliphatic rings. The second-order valence-corrected chi connectivity index (χ2v) is 6.59. The SMILES string of the molecule is CCc1ccc(C(CN)N(C)Cc2ccc(Cl)cc2)s1. The van der Waals surface area contributed by atoms with Crippen LogP contribution in [0.25, 0.3) is 0 Å². The molecular weight excluding hydrogens is 288 g/mol. The molecule has 0 amide bonds. The number of aryl methyl sites for hydroxylation is 1. The minimum Gasteiger partial charge on any atom is -0.329 e. The standard InChI is InChI=1S/C16H21ClN2S/c1-3-14-8-9-16(20-14)15(10-18)19(2)11-12-4-6-13(17)7-5-12/h4-9,15H,3,10-11,18H2,1-2H3. The van der Waals surface area contributed by atoms with E-state index in [-0.39, 0.29) is 6.04 Å². The molecule has 1 aromatic carbocycles. The van der Waals surface area contributed by atoms with Gasteiger partial charge in [-0.1, -0.05) is 30.7 Å². The van der Waals surface area contributed by atoms with E-state index in [1.807, 2.05) is 23.5 Å². The van der Waals surface area contributed by atoms with Crippen LogP contribution in [0.3, 0.4) is 0 Å². The molecule has 0 spiro atoms. The molecule has 20 heavy (non-hydrogen) atoms. The molecule has 0 radical (unpaired) electrons. The first-order valence-corrected chi connectivity index (χ1v) is 8.06. The fraction of sp³-hybridized carbons (Fsp3) is 0.375. The number of halogens is 1. The van der Waals surface area contributed by atoms with Gasteiger partial charge in [0.25, 0.3) is 0 Å². The summed E-state index contributed by atoms with van der Waals surface area (Å²) in [5, 5.41) is 0.776. The topological polar surface area (TPSA) is 29.3 Å². The summed E-state index contributed by atoms with van der Waals surface area (Å²) in [6.45, 7) is 3.69. The van der Waals surface area contributed by atoms with Crippen molar-refractivity contribution in [3.63, 3.8) is 0 Å². The summed E-state index contributed by atoms with van der Waals surface area (Å²) in [5.74, 6) is 0. The summed E-state index contributed by atoms with van der Waals surface area (Å²) in [4.78, 5) is 5.06. The van der Waals surface area contributed by atoms with Gasteiger partial charge in [0.2, 0.25) is 0 Å². The van der Waals surface area contributed by atoms with Crippen molar-refractivity contribution in [1.82, 2.24) is 4.90 Å². The largest absolute Gasteiger partial charge is 0.329 e. The van der Waals surface area contributed by atoms with E-state index in [9.17, 15) is 0 Å². The van der Waals surface area contributed by atoms with Crippen molar-refractivity contribution in [1.29, 1.82) is 0 Å². The second-order valence-electron chi connectivity index (χ2n) is 4.95. The van der Waals surface area contributed by atoms with Crippen molar-refractivity contribution in [2.24, 2.45) is 5.73 Å². The molecule has 0 aliphatic heterocycles. The van der Waals surface area contributed by atoms with Crippen molar-refractivity contribution in [3.05, 3.63) is 56.7 Å². The van der Waals surface area contributed by atoms with E-state index < -0.39 is 0 Å². The molecule has 0 saturated carbocycles. The normalized spacial score (nSPS) is 12.8. The molecule has 0 saturated heterocycles. The van der Waals surface area contributed by atoms with Gasteiger partial charge >= 0.3 is 0 Å². The number of thiophene rings is 1. The fourth-order valence-corrected chi connectivity index (χ4v) is 3.52. The van der Waals surface area contributed by atoms with Crippen molar-refractivity contribution in [2.45, 2.75) is 25.9 Å². The van der Waals surface area contributed by atoms with E-state index >= 15 is 0 Å². The number of rotatable bonds is 6. The molecule has 0 aliphatic carbocycles. The molecule has 2 rings (SSSR count). The molecule has 2 nitrogen and oxygen atoms in total. The maximum Gasteiger partial charge on any atom is 0.0564 e. The van der Waals surface area contributed by atoms with Gasteiger partial charge < -0.3 is 5.73 Å². The number of nitrogens with two attached hydrogens (primary N) is 1. The monoisotopic (exact) mass is 308 g/mol. The van der Waals surface area contributed by atoms with Crippen LogP contribution < -0.4 is 5.73 Å². The summed E-state index contributed by atoms with van der Waals surface area (Å²) >= 11 is 7.78. The first-order valence-electron chi connectivity index (χ1n) is 6.87. The van der Waals surface area contributed by atoms with Crippen LogP contribution >= 0.6 is 22.9 Å². The molecule has 1 aromatic heterocycles. The lowest BCUT2D eigenvalue weighted by Crippen LogP contribution is -2.29. The Morgan fingerprint density at radius 2 is 1.90 bits per heavy atom. The Balaban J connectivity index is 2.08. The van der Waals surface area contributed by atoms with Crippen molar-refractivity contribution < 1.29 is 0 Å². The number of hydrogen-bond donors (Lipinski definition) is 1. The summed E-state index contributed by atoms with van der Waals surface area (Å²) < 4.78 is 0. The molecule has 0 bridgehead atoms. The Labute approximate surface area is 130 Å². The highest BCUT2D eigenvalue weighted by molar-refractivity contribution is 7.12. The van der Waals surface area contributed by atoms with Gasteiger partial charge in [0.1, 0.15) is 0 Å². The predicted molar refractivity (Wildman–Crippen MR) is 88.4 cm³/mol. The maximum atomic E-state index is 5.98. The fourth-order valence-electron chi connectivity index (χ4n) is 2.26. The van der Waals surface area contributed by atoms with Crippen LogP contribution in [-0.4, -0.2) is 18.5 Å². The Morgan fingerprint density at radius 1 is 1.20 bits per heavy atom. The highest BCUT2D eigenvalue weighted by atomic mass is 35.5. The van der Waals surface area contributed by atoms with Gasteiger partial charge in [-0.2, -0.15) is 0 Å². The summed E-state index contributed by atoms with van der Waals surface area (Å²) in [7, 11) is 2.12. The minimum atomic E-state index is 0.274. The average Bonchev–Trinajstić information content (AvgIpc) is 2.91. The van der Waals surface area contributed by atoms with Gasteiger partial charge in [-0.15, -0.1) is 11.3 Å². The van der Waals surface area contributed by atoms with Crippen LogP contribution in [0, 0.1) is 0 Å². The highest BCUT2D eigenvalue weighted by Crippen LogP contribution is 2.28. The van der Waals surface area contributed by atoms with Gasteiger partial charge in [-0.25, -0.2) is 0 Å². The quantitative estimate of drug-likeness (QED) is 0.870. The van der Waals surface area contributed by atoms with E-state index in [1.54, 1.807) is 0 Å². The molecule has 1 heterocycles. The van der Waals surface area contributed by atoms with Crippen LogP contribution in [0.2, 0.25) is 5.02 Å². The summed E-state index contributed by atoms with van der Waals surface area (Å²) in [6.07, 6.45) is 1.09. The van der Waals surface area contributed by atoms with Gasteiger partial charge in [0.15, 0.2) is 0 Å². The number of hydrogen-bond acceptors (Lipinski definition) is 3. The molecule has 108 valence electrons. The van der Waals surface area contributed by atoms with Crippen LogP contribution in [-0.2, 0) is 13.0 Å². The summed E-state index contributed by atoms with van der Waals surface area (Å²) in [5.41, 5.74) is 7.23. The molecule has 2 aromatic rings. The zero-order valence-electron chi connectivity index (χ0n) is 12.0.